The van der Waals surface area contributed by atoms with Gasteiger partial charge in [-0.1, -0.05) is 18.6 Å². The van der Waals surface area contributed by atoms with Crippen molar-refractivity contribution in [2.45, 2.75) is 32.2 Å². The molecular formula is C21H23N2O2+. The van der Waals surface area contributed by atoms with Crippen LogP contribution in [0.25, 0.3) is 0 Å². The van der Waals surface area contributed by atoms with Crippen molar-refractivity contribution in [3.05, 3.63) is 47.4 Å². The summed E-state index contributed by atoms with van der Waals surface area (Å²) in [5, 5.41) is 0. The van der Waals surface area contributed by atoms with Crippen LogP contribution in [-0.2, 0) is 9.53 Å². The summed E-state index contributed by atoms with van der Waals surface area (Å²) in [6, 6.07) is 8.39. The summed E-state index contributed by atoms with van der Waals surface area (Å²) in [4.78, 5) is 20.7. The van der Waals surface area contributed by atoms with Crippen LogP contribution in [0, 0.1) is 17.3 Å². The van der Waals surface area contributed by atoms with Gasteiger partial charge in [-0.3, -0.25) is 9.69 Å². The Bertz CT molecular complexity index is 812. The van der Waals surface area contributed by atoms with Gasteiger partial charge in [-0.2, -0.15) is 4.99 Å². The molecule has 4 heteroatoms. The third-order valence-corrected chi connectivity index (χ3v) is 6.46. The van der Waals surface area contributed by atoms with Crippen molar-refractivity contribution in [2.75, 3.05) is 20.2 Å². The van der Waals surface area contributed by atoms with Crippen LogP contribution in [0.1, 0.15) is 31.7 Å². The van der Waals surface area contributed by atoms with Gasteiger partial charge in [0.25, 0.3) is 0 Å². The second-order valence-corrected chi connectivity index (χ2v) is 7.63. The lowest BCUT2D eigenvalue weighted by Gasteiger charge is -2.53. The lowest BCUT2D eigenvalue weighted by atomic mass is 9.59. The molecule has 1 aliphatic carbocycles. The number of esters is 1. The van der Waals surface area contributed by atoms with Crippen molar-refractivity contribution in [3.8, 4) is 0 Å². The first kappa shape index (κ1) is 15.2. The average Bonchev–Trinajstić information content (AvgIpc) is 3.00. The zero-order valence-electron chi connectivity index (χ0n) is 14.8. The summed E-state index contributed by atoms with van der Waals surface area (Å²) in [6.45, 7) is 4.23. The first-order chi connectivity index (χ1) is 12.2. The SMILES string of the molecule is CCC1=CC2CN3CC[C+]4C(=Nc5ccccc54)C(C(=O)OC)(C2)C13. The van der Waals surface area contributed by atoms with Crippen LogP contribution in [0.4, 0.5) is 5.69 Å². The van der Waals surface area contributed by atoms with E-state index in [0.717, 1.165) is 43.8 Å². The van der Waals surface area contributed by atoms with Gasteiger partial charge in [0, 0.05) is 31.6 Å². The molecule has 4 unspecified atom stereocenters. The Balaban J connectivity index is 1.74. The van der Waals surface area contributed by atoms with Crippen molar-refractivity contribution in [1.82, 2.24) is 4.90 Å². The molecule has 4 bridgehead atoms. The van der Waals surface area contributed by atoms with E-state index in [0.29, 0.717) is 5.92 Å². The number of hydrogen-bond donors (Lipinski definition) is 0. The van der Waals surface area contributed by atoms with E-state index in [1.807, 2.05) is 6.07 Å². The number of benzene rings is 1. The number of carbonyl (C=O) groups excluding carboxylic acids is 1. The minimum absolute atomic E-state index is 0.0977. The lowest BCUT2D eigenvalue weighted by molar-refractivity contribution is -0.155. The second-order valence-electron chi connectivity index (χ2n) is 7.63. The smallest absolute Gasteiger partial charge is 0.321 e. The molecule has 0 spiro atoms. The predicted molar refractivity (Wildman–Crippen MR) is 96.8 cm³/mol. The average molecular weight is 335 g/mol. The molecule has 0 saturated carbocycles. The summed E-state index contributed by atoms with van der Waals surface area (Å²) in [6.07, 6.45) is 5.16. The van der Waals surface area contributed by atoms with Gasteiger partial charge in [-0.25, -0.2) is 0 Å². The van der Waals surface area contributed by atoms with Crippen molar-refractivity contribution in [2.24, 2.45) is 16.3 Å². The second kappa shape index (κ2) is 5.21. The minimum atomic E-state index is -0.650. The number of rotatable bonds is 2. The minimum Gasteiger partial charge on any atom is -0.468 e. The van der Waals surface area contributed by atoms with Gasteiger partial charge in [-0.15, -0.1) is 0 Å². The zero-order valence-corrected chi connectivity index (χ0v) is 14.8. The van der Waals surface area contributed by atoms with Crippen LogP contribution < -0.4 is 0 Å². The molecule has 4 aliphatic heterocycles. The molecule has 25 heavy (non-hydrogen) atoms. The number of methoxy groups -OCH3 is 1. The Kier molecular flexibility index (Phi) is 3.17. The van der Waals surface area contributed by atoms with Crippen LogP contribution in [0.3, 0.4) is 0 Å². The van der Waals surface area contributed by atoms with Gasteiger partial charge < -0.3 is 4.74 Å². The highest BCUT2D eigenvalue weighted by atomic mass is 16.5. The van der Waals surface area contributed by atoms with E-state index in [4.69, 9.17) is 9.73 Å². The summed E-state index contributed by atoms with van der Waals surface area (Å²) in [7, 11) is 1.52. The monoisotopic (exact) mass is 335 g/mol. The van der Waals surface area contributed by atoms with Crippen molar-refractivity contribution in [3.63, 3.8) is 0 Å². The topological polar surface area (TPSA) is 41.9 Å². The number of carbonyl (C=O) groups is 1. The van der Waals surface area contributed by atoms with Crippen LogP contribution in [-0.4, -0.2) is 42.8 Å². The highest BCUT2D eigenvalue weighted by molar-refractivity contribution is 6.20. The molecule has 0 amide bonds. The van der Waals surface area contributed by atoms with E-state index >= 15 is 0 Å². The van der Waals surface area contributed by atoms with Crippen LogP contribution in [0.2, 0.25) is 0 Å². The molecular weight excluding hydrogens is 312 g/mol. The Hall–Kier alpha value is -2.07. The molecule has 4 heterocycles. The molecule has 2 fully saturated rings. The predicted octanol–water partition coefficient (Wildman–Crippen LogP) is 3.30. The number of piperidine rings is 1. The highest BCUT2D eigenvalue weighted by Gasteiger charge is 2.65. The number of fused-ring (bicyclic) bond motifs is 3. The summed E-state index contributed by atoms with van der Waals surface area (Å²) in [5.41, 5.74) is 3.92. The fourth-order valence-electron chi connectivity index (χ4n) is 5.62. The van der Waals surface area contributed by atoms with Crippen molar-refractivity contribution in [1.29, 1.82) is 0 Å². The number of aliphatic imine (C=N–C) groups is 1. The van der Waals surface area contributed by atoms with Gasteiger partial charge in [0.1, 0.15) is 11.1 Å². The quantitative estimate of drug-likeness (QED) is 0.473. The van der Waals surface area contributed by atoms with Crippen LogP contribution in [0.15, 0.2) is 40.9 Å². The third kappa shape index (κ3) is 1.83. The Morgan fingerprint density at radius 2 is 2.28 bits per heavy atom. The molecule has 4 atom stereocenters. The van der Waals surface area contributed by atoms with E-state index in [-0.39, 0.29) is 12.0 Å². The molecule has 0 N–H and O–H groups in total. The van der Waals surface area contributed by atoms with E-state index < -0.39 is 5.41 Å². The van der Waals surface area contributed by atoms with Gasteiger partial charge in [0.2, 0.25) is 0 Å². The Labute approximate surface area is 148 Å². The molecule has 1 aromatic rings. The number of para-hydroxylation sites is 1. The summed E-state index contributed by atoms with van der Waals surface area (Å²) < 4.78 is 5.39. The Morgan fingerprint density at radius 1 is 1.44 bits per heavy atom. The summed E-state index contributed by atoms with van der Waals surface area (Å²) >= 11 is 0. The molecule has 5 aliphatic rings. The maximum Gasteiger partial charge on any atom is 0.321 e. The lowest BCUT2D eigenvalue weighted by Crippen LogP contribution is -2.64. The standard InChI is InChI=1S/C21H23N2O2/c1-3-14-10-13-11-21(20(24)25-2)18-16(8-9-23(12-13)19(14)21)15-6-4-5-7-17(15)22-18/h4-7,10,13,19H,3,8-9,11-12H2,1-2H3/q+1. The molecule has 0 aromatic heterocycles. The fraction of sp³-hybridized carbons (Fsp3) is 0.476. The van der Waals surface area contributed by atoms with Gasteiger partial charge in [0.05, 0.1) is 19.1 Å². The van der Waals surface area contributed by atoms with Gasteiger partial charge in [-0.05, 0) is 30.9 Å². The van der Waals surface area contributed by atoms with Crippen LogP contribution in [0.5, 0.6) is 0 Å². The van der Waals surface area contributed by atoms with Crippen molar-refractivity contribution >= 4 is 17.4 Å². The Morgan fingerprint density at radius 3 is 3.08 bits per heavy atom. The van der Waals surface area contributed by atoms with Crippen molar-refractivity contribution < 1.29 is 9.53 Å². The normalized spacial score (nSPS) is 34.6. The first-order valence-corrected chi connectivity index (χ1v) is 9.27. The fourth-order valence-corrected chi connectivity index (χ4v) is 5.62. The molecule has 6 rings (SSSR count). The number of nitrogens with zero attached hydrogens (tertiary/aromatic N) is 2. The maximum atomic E-state index is 13.2. The maximum absolute atomic E-state index is 13.2. The first-order valence-electron chi connectivity index (χ1n) is 9.27. The number of hydrogen-bond acceptors (Lipinski definition) is 4. The number of ether oxygens (including phenoxy) is 1. The molecule has 2 saturated heterocycles. The van der Waals surface area contributed by atoms with E-state index in [9.17, 15) is 4.79 Å². The van der Waals surface area contributed by atoms with E-state index in [2.05, 4.69) is 36.1 Å². The summed E-state index contributed by atoms with van der Waals surface area (Å²) in [5.74, 6) is 1.55. The molecule has 0 radical (unpaired) electrons. The van der Waals surface area contributed by atoms with E-state index in [1.54, 1.807) is 0 Å². The molecule has 4 nitrogen and oxygen atoms in total. The van der Waals surface area contributed by atoms with Gasteiger partial charge in [0.15, 0.2) is 11.3 Å². The zero-order chi connectivity index (χ0) is 17.2. The van der Waals surface area contributed by atoms with Crippen LogP contribution >= 0.6 is 0 Å². The van der Waals surface area contributed by atoms with Gasteiger partial charge >= 0.3 is 5.97 Å². The third-order valence-electron chi connectivity index (χ3n) is 6.46. The van der Waals surface area contributed by atoms with E-state index in [1.165, 1.54) is 24.2 Å². The molecule has 128 valence electrons. The largest absolute Gasteiger partial charge is 0.468 e. The molecule has 1 aromatic carbocycles. The highest BCUT2D eigenvalue weighted by Crippen LogP contribution is 2.56.